The summed E-state index contributed by atoms with van der Waals surface area (Å²) < 4.78 is 32.6. The van der Waals surface area contributed by atoms with E-state index in [0.29, 0.717) is 17.4 Å². The highest BCUT2D eigenvalue weighted by Crippen LogP contribution is 2.30. The summed E-state index contributed by atoms with van der Waals surface area (Å²) in [6.45, 7) is 3.53. The van der Waals surface area contributed by atoms with E-state index in [-0.39, 0.29) is 22.8 Å². The number of benzene rings is 1. The third kappa shape index (κ3) is 3.71. The van der Waals surface area contributed by atoms with Crippen molar-refractivity contribution in [2.75, 3.05) is 25.5 Å². The zero-order valence-corrected chi connectivity index (χ0v) is 14.7. The Labute approximate surface area is 142 Å². The number of carbonyl (C=O) groups is 1. The molecular weight excluding hydrogens is 330 g/mol. The summed E-state index contributed by atoms with van der Waals surface area (Å²) in [4.78, 5) is 12.5. The molecule has 2 aliphatic rings. The quantitative estimate of drug-likeness (QED) is 0.678. The normalized spacial score (nSPS) is 19.4. The van der Waals surface area contributed by atoms with Crippen molar-refractivity contribution in [2.45, 2.75) is 30.7 Å². The maximum absolute atomic E-state index is 12.4. The molecule has 1 saturated carbocycles. The smallest absolute Gasteiger partial charge is 0.240 e. The number of amides is 1. The van der Waals surface area contributed by atoms with Gasteiger partial charge in [0, 0.05) is 12.0 Å². The van der Waals surface area contributed by atoms with E-state index >= 15 is 0 Å². The van der Waals surface area contributed by atoms with E-state index in [1.54, 1.807) is 6.07 Å². The second kappa shape index (κ2) is 6.70. The van der Waals surface area contributed by atoms with Crippen LogP contribution in [0.3, 0.4) is 0 Å². The van der Waals surface area contributed by atoms with Gasteiger partial charge in [0.1, 0.15) is 5.75 Å². The average Bonchev–Trinajstić information content (AvgIpc) is 3.28. The van der Waals surface area contributed by atoms with Crippen LogP contribution in [0.5, 0.6) is 5.75 Å². The lowest BCUT2D eigenvalue weighted by atomic mass is 9.88. The molecule has 0 radical (unpaired) electrons. The first-order valence-corrected chi connectivity index (χ1v) is 9.61. The molecule has 3 rings (SSSR count). The van der Waals surface area contributed by atoms with Crippen LogP contribution in [0.2, 0.25) is 0 Å². The van der Waals surface area contributed by atoms with E-state index in [0.717, 1.165) is 25.9 Å². The molecule has 1 saturated heterocycles. The molecule has 1 aromatic carbocycles. The van der Waals surface area contributed by atoms with Gasteiger partial charge in [-0.2, -0.15) is 0 Å². The molecule has 3 N–H and O–H groups in total. The Morgan fingerprint density at radius 1 is 1.33 bits per heavy atom. The molecule has 8 heteroatoms. The second-order valence-corrected chi connectivity index (χ2v) is 8.17. The van der Waals surface area contributed by atoms with E-state index in [9.17, 15) is 13.2 Å². The summed E-state index contributed by atoms with van der Waals surface area (Å²) in [5.41, 5.74) is 0.375. The summed E-state index contributed by atoms with van der Waals surface area (Å²) >= 11 is 0. The number of rotatable bonds is 7. The van der Waals surface area contributed by atoms with Gasteiger partial charge in [-0.15, -0.1) is 0 Å². The molecule has 0 bridgehead atoms. The molecule has 1 amide bonds. The van der Waals surface area contributed by atoms with Gasteiger partial charge in [-0.3, -0.25) is 4.79 Å². The first-order valence-electron chi connectivity index (χ1n) is 8.12. The predicted molar refractivity (Wildman–Crippen MR) is 90.5 cm³/mol. The molecule has 2 fully saturated rings. The molecule has 1 unspecified atom stereocenters. The van der Waals surface area contributed by atoms with E-state index in [1.165, 1.54) is 19.2 Å². The minimum Gasteiger partial charge on any atom is -0.495 e. The fraction of sp³-hybridized carbons (Fsp3) is 0.562. The topological polar surface area (TPSA) is 96.5 Å². The lowest BCUT2D eigenvalue weighted by Crippen LogP contribution is -2.48. The van der Waals surface area contributed by atoms with Crippen molar-refractivity contribution in [3.63, 3.8) is 0 Å². The molecule has 7 nitrogen and oxygen atoms in total. The van der Waals surface area contributed by atoms with Crippen LogP contribution in [0.1, 0.15) is 19.8 Å². The minimum absolute atomic E-state index is 0.0290. The molecule has 1 heterocycles. The van der Waals surface area contributed by atoms with E-state index in [4.69, 9.17) is 4.74 Å². The highest BCUT2D eigenvalue weighted by atomic mass is 32.2. The number of nitrogens with one attached hydrogen (secondary N) is 3. The van der Waals surface area contributed by atoms with Crippen molar-refractivity contribution in [3.05, 3.63) is 18.2 Å². The zero-order chi connectivity index (χ0) is 17.3. The maximum Gasteiger partial charge on any atom is 0.240 e. The summed E-state index contributed by atoms with van der Waals surface area (Å²) in [7, 11) is -2.09. The Balaban J connectivity index is 1.79. The predicted octanol–water partition coefficient (Wildman–Crippen LogP) is 0.930. The van der Waals surface area contributed by atoms with E-state index < -0.39 is 10.0 Å². The van der Waals surface area contributed by atoms with Crippen molar-refractivity contribution >= 4 is 21.6 Å². The van der Waals surface area contributed by atoms with Crippen molar-refractivity contribution in [3.8, 4) is 5.75 Å². The number of ether oxygens (including phenoxy) is 1. The monoisotopic (exact) mass is 353 g/mol. The number of hydrogen-bond acceptors (Lipinski definition) is 5. The zero-order valence-electron chi connectivity index (χ0n) is 13.8. The largest absolute Gasteiger partial charge is 0.495 e. The fourth-order valence-corrected chi connectivity index (χ4v) is 3.90. The standard InChI is InChI=1S/C16H23N3O4S/c1-10(11-8-17-9-11)16(20)18-14-7-13(5-6-15(14)23-2)24(21,22)19-12-3-4-12/h5-7,10-12,17,19H,3-4,8-9H2,1-2H3,(H,18,20). The Hall–Kier alpha value is -1.64. The molecule has 1 atom stereocenters. The average molecular weight is 353 g/mol. The first kappa shape index (κ1) is 17.2. The lowest BCUT2D eigenvalue weighted by Gasteiger charge is -2.31. The molecule has 24 heavy (non-hydrogen) atoms. The van der Waals surface area contributed by atoms with E-state index in [1.807, 2.05) is 6.92 Å². The van der Waals surface area contributed by atoms with Crippen molar-refractivity contribution in [1.82, 2.24) is 10.0 Å². The third-order valence-corrected chi connectivity index (χ3v) is 6.09. The van der Waals surface area contributed by atoms with Gasteiger partial charge < -0.3 is 15.4 Å². The van der Waals surface area contributed by atoms with Gasteiger partial charge >= 0.3 is 0 Å². The minimum atomic E-state index is -3.58. The van der Waals surface area contributed by atoms with Gasteiger partial charge in [-0.25, -0.2) is 13.1 Å². The molecule has 1 aliphatic heterocycles. The number of sulfonamides is 1. The number of anilines is 1. The van der Waals surface area contributed by atoms with Crippen LogP contribution in [-0.2, 0) is 14.8 Å². The molecule has 1 aromatic rings. The molecule has 132 valence electrons. The second-order valence-electron chi connectivity index (χ2n) is 6.45. The van der Waals surface area contributed by atoms with Crippen LogP contribution in [0.4, 0.5) is 5.69 Å². The van der Waals surface area contributed by atoms with Crippen LogP contribution in [0, 0.1) is 11.8 Å². The summed E-state index contributed by atoms with van der Waals surface area (Å²) in [6.07, 6.45) is 1.73. The number of hydrogen-bond donors (Lipinski definition) is 3. The van der Waals surface area contributed by atoms with Gasteiger partial charge in [-0.05, 0) is 50.0 Å². The van der Waals surface area contributed by atoms with Crippen LogP contribution < -0.4 is 20.1 Å². The number of methoxy groups -OCH3 is 1. The van der Waals surface area contributed by atoms with Gasteiger partial charge in [0.2, 0.25) is 15.9 Å². The Morgan fingerprint density at radius 2 is 2.04 bits per heavy atom. The highest BCUT2D eigenvalue weighted by Gasteiger charge is 2.30. The SMILES string of the molecule is COc1ccc(S(=O)(=O)NC2CC2)cc1NC(=O)C(C)C1CNC1. The highest BCUT2D eigenvalue weighted by molar-refractivity contribution is 7.89. The Morgan fingerprint density at radius 3 is 2.58 bits per heavy atom. The van der Waals surface area contributed by atoms with Crippen LogP contribution in [-0.4, -0.2) is 40.6 Å². The number of carbonyl (C=O) groups excluding carboxylic acids is 1. The fourth-order valence-electron chi connectivity index (χ4n) is 2.57. The molecule has 1 aliphatic carbocycles. The molecule has 0 aromatic heterocycles. The van der Waals surface area contributed by atoms with Crippen molar-refractivity contribution in [1.29, 1.82) is 0 Å². The lowest BCUT2D eigenvalue weighted by molar-refractivity contribution is -0.121. The van der Waals surface area contributed by atoms with Gasteiger partial charge in [0.15, 0.2) is 0 Å². The van der Waals surface area contributed by atoms with Gasteiger partial charge in [0.05, 0.1) is 17.7 Å². The third-order valence-electron chi connectivity index (χ3n) is 4.57. The molecular formula is C16H23N3O4S. The van der Waals surface area contributed by atoms with Gasteiger partial charge in [-0.1, -0.05) is 6.92 Å². The summed E-state index contributed by atoms with van der Waals surface area (Å²) in [5.74, 6) is 0.456. The Bertz CT molecular complexity index is 727. The van der Waals surface area contributed by atoms with Gasteiger partial charge in [0.25, 0.3) is 0 Å². The maximum atomic E-state index is 12.4. The summed E-state index contributed by atoms with van der Waals surface area (Å²) in [5, 5.41) is 5.95. The first-order chi connectivity index (χ1) is 11.4. The Kier molecular flexibility index (Phi) is 4.80. The van der Waals surface area contributed by atoms with Crippen molar-refractivity contribution < 1.29 is 17.9 Å². The van der Waals surface area contributed by atoms with Crippen LogP contribution in [0.25, 0.3) is 0 Å². The summed E-state index contributed by atoms with van der Waals surface area (Å²) in [6, 6.07) is 4.53. The molecule has 0 spiro atoms. The van der Waals surface area contributed by atoms with Crippen molar-refractivity contribution in [2.24, 2.45) is 11.8 Å². The van der Waals surface area contributed by atoms with Crippen LogP contribution >= 0.6 is 0 Å². The van der Waals surface area contributed by atoms with Crippen LogP contribution in [0.15, 0.2) is 23.1 Å². The van der Waals surface area contributed by atoms with E-state index in [2.05, 4.69) is 15.4 Å².